The third kappa shape index (κ3) is 4.67. The molecule has 1 aliphatic rings. The predicted octanol–water partition coefficient (Wildman–Crippen LogP) is 1.71. The van der Waals surface area contributed by atoms with Crippen LogP contribution in [0.1, 0.15) is 37.6 Å². The summed E-state index contributed by atoms with van der Waals surface area (Å²) >= 11 is 0. The molecule has 1 N–H and O–H groups in total. The van der Waals surface area contributed by atoms with Gasteiger partial charge in [0.15, 0.2) is 0 Å². The number of nitrogens with zero attached hydrogens (tertiary/aromatic N) is 1. The van der Waals surface area contributed by atoms with Crippen LogP contribution in [0.4, 0.5) is 0 Å². The number of unbranched alkanes of at least 4 members (excludes halogenated alkanes) is 1. The number of rotatable bonds is 7. The summed E-state index contributed by atoms with van der Waals surface area (Å²) < 4.78 is 10.5. The first-order chi connectivity index (χ1) is 9.28. The van der Waals surface area contributed by atoms with Crippen LogP contribution in [-0.4, -0.2) is 30.8 Å². The van der Waals surface area contributed by atoms with Gasteiger partial charge in [-0.3, -0.25) is 4.79 Å². The normalized spacial score (nSPS) is 18.7. The molecule has 5 heteroatoms. The molecule has 1 aliphatic heterocycles. The highest BCUT2D eigenvalue weighted by Gasteiger charge is 2.16. The molecule has 2 heterocycles. The Balaban J connectivity index is 1.70. The Hall–Kier alpha value is -1.36. The average molecular weight is 266 g/mol. The van der Waals surface area contributed by atoms with E-state index in [4.69, 9.17) is 9.26 Å². The summed E-state index contributed by atoms with van der Waals surface area (Å²) in [6, 6.07) is 1.88. The maximum Gasteiger partial charge on any atom is 0.226 e. The SMILES string of the molecule is CCCCc1cc(CC(=O)NCC2CCOC2)no1. The second-order valence-corrected chi connectivity index (χ2v) is 5.10. The Kier molecular flexibility index (Phi) is 5.39. The molecule has 1 fully saturated rings. The molecule has 106 valence electrons. The summed E-state index contributed by atoms with van der Waals surface area (Å²) in [5.41, 5.74) is 0.714. The molecule has 0 radical (unpaired) electrons. The minimum Gasteiger partial charge on any atom is -0.381 e. The first-order valence-electron chi connectivity index (χ1n) is 7.07. The summed E-state index contributed by atoms with van der Waals surface area (Å²) in [4.78, 5) is 11.8. The molecule has 1 aromatic heterocycles. The van der Waals surface area contributed by atoms with E-state index in [9.17, 15) is 4.79 Å². The van der Waals surface area contributed by atoms with Crippen molar-refractivity contribution in [3.05, 3.63) is 17.5 Å². The van der Waals surface area contributed by atoms with E-state index in [0.717, 1.165) is 44.7 Å². The zero-order valence-corrected chi connectivity index (χ0v) is 11.5. The standard InChI is InChI=1S/C14H22N2O3/c1-2-3-4-13-7-12(16-19-13)8-14(17)15-9-11-5-6-18-10-11/h7,11H,2-6,8-10H2,1H3,(H,15,17). The Morgan fingerprint density at radius 2 is 2.47 bits per heavy atom. The smallest absolute Gasteiger partial charge is 0.226 e. The molecule has 0 aromatic carbocycles. The van der Waals surface area contributed by atoms with Gasteiger partial charge in [-0.2, -0.15) is 0 Å². The van der Waals surface area contributed by atoms with Crippen molar-refractivity contribution in [2.24, 2.45) is 5.92 Å². The number of amides is 1. The monoisotopic (exact) mass is 266 g/mol. The van der Waals surface area contributed by atoms with Crippen LogP contribution in [0.15, 0.2) is 10.6 Å². The number of aryl methyl sites for hydroxylation is 1. The highest BCUT2D eigenvalue weighted by molar-refractivity contribution is 5.78. The van der Waals surface area contributed by atoms with Gasteiger partial charge in [0, 0.05) is 31.6 Å². The number of nitrogens with one attached hydrogen (secondary N) is 1. The van der Waals surface area contributed by atoms with Gasteiger partial charge in [-0.1, -0.05) is 18.5 Å². The number of aromatic nitrogens is 1. The Morgan fingerprint density at radius 1 is 1.58 bits per heavy atom. The summed E-state index contributed by atoms with van der Waals surface area (Å²) in [6.07, 6.45) is 4.43. The fraction of sp³-hybridized carbons (Fsp3) is 0.714. The molecule has 5 nitrogen and oxygen atoms in total. The second-order valence-electron chi connectivity index (χ2n) is 5.10. The molecule has 1 atom stereocenters. The summed E-state index contributed by atoms with van der Waals surface area (Å²) in [6.45, 7) is 4.40. The third-order valence-corrected chi connectivity index (χ3v) is 3.34. The molecular formula is C14H22N2O3. The fourth-order valence-electron chi connectivity index (χ4n) is 2.14. The van der Waals surface area contributed by atoms with E-state index in [1.165, 1.54) is 0 Å². The van der Waals surface area contributed by atoms with E-state index < -0.39 is 0 Å². The zero-order valence-electron chi connectivity index (χ0n) is 11.5. The van der Waals surface area contributed by atoms with Gasteiger partial charge in [-0.05, 0) is 12.8 Å². The van der Waals surface area contributed by atoms with Crippen LogP contribution in [0, 0.1) is 5.92 Å². The van der Waals surface area contributed by atoms with Crippen LogP contribution in [0.3, 0.4) is 0 Å². The van der Waals surface area contributed by atoms with Crippen LogP contribution in [0.2, 0.25) is 0 Å². The lowest BCUT2D eigenvalue weighted by molar-refractivity contribution is -0.120. The van der Waals surface area contributed by atoms with Crippen molar-refractivity contribution in [2.45, 2.75) is 39.0 Å². The van der Waals surface area contributed by atoms with Gasteiger partial charge in [0.1, 0.15) is 5.76 Å². The van der Waals surface area contributed by atoms with Gasteiger partial charge >= 0.3 is 0 Å². The Labute approximate surface area is 113 Å². The first-order valence-corrected chi connectivity index (χ1v) is 7.07. The van der Waals surface area contributed by atoms with Crippen molar-refractivity contribution in [2.75, 3.05) is 19.8 Å². The molecule has 1 unspecified atom stereocenters. The van der Waals surface area contributed by atoms with Crippen LogP contribution in [0.25, 0.3) is 0 Å². The van der Waals surface area contributed by atoms with Gasteiger partial charge in [-0.15, -0.1) is 0 Å². The summed E-state index contributed by atoms with van der Waals surface area (Å²) in [7, 11) is 0. The molecular weight excluding hydrogens is 244 g/mol. The number of hydrogen-bond donors (Lipinski definition) is 1. The van der Waals surface area contributed by atoms with E-state index in [1.54, 1.807) is 0 Å². The highest BCUT2D eigenvalue weighted by atomic mass is 16.5. The molecule has 0 bridgehead atoms. The maximum atomic E-state index is 11.8. The van der Waals surface area contributed by atoms with Crippen molar-refractivity contribution >= 4 is 5.91 Å². The van der Waals surface area contributed by atoms with Crippen molar-refractivity contribution < 1.29 is 14.1 Å². The van der Waals surface area contributed by atoms with E-state index in [1.807, 2.05) is 6.07 Å². The van der Waals surface area contributed by atoms with Crippen molar-refractivity contribution in [3.63, 3.8) is 0 Å². The lowest BCUT2D eigenvalue weighted by Crippen LogP contribution is -2.30. The van der Waals surface area contributed by atoms with Crippen LogP contribution in [0.5, 0.6) is 0 Å². The molecule has 1 saturated heterocycles. The predicted molar refractivity (Wildman–Crippen MR) is 70.8 cm³/mol. The van der Waals surface area contributed by atoms with Gasteiger partial charge in [-0.25, -0.2) is 0 Å². The third-order valence-electron chi connectivity index (χ3n) is 3.34. The van der Waals surface area contributed by atoms with Gasteiger partial charge < -0.3 is 14.6 Å². The number of carbonyl (C=O) groups is 1. The lowest BCUT2D eigenvalue weighted by atomic mass is 10.1. The second kappa shape index (κ2) is 7.28. The number of hydrogen-bond acceptors (Lipinski definition) is 4. The van der Waals surface area contributed by atoms with Gasteiger partial charge in [0.05, 0.1) is 18.7 Å². The molecule has 19 heavy (non-hydrogen) atoms. The average Bonchev–Trinajstić information content (AvgIpc) is 3.05. The summed E-state index contributed by atoms with van der Waals surface area (Å²) in [5.74, 6) is 1.33. The van der Waals surface area contributed by atoms with Crippen molar-refractivity contribution in [1.29, 1.82) is 0 Å². The molecule has 1 amide bonds. The lowest BCUT2D eigenvalue weighted by Gasteiger charge is -2.08. The van der Waals surface area contributed by atoms with Crippen LogP contribution < -0.4 is 5.32 Å². The maximum absolute atomic E-state index is 11.8. The molecule has 0 saturated carbocycles. The largest absolute Gasteiger partial charge is 0.381 e. The topological polar surface area (TPSA) is 64.4 Å². The van der Waals surface area contributed by atoms with Crippen LogP contribution >= 0.6 is 0 Å². The first kappa shape index (κ1) is 14.1. The molecule has 2 rings (SSSR count). The Morgan fingerprint density at radius 3 is 3.21 bits per heavy atom. The van der Waals surface area contributed by atoms with Crippen molar-refractivity contribution in [1.82, 2.24) is 10.5 Å². The highest BCUT2D eigenvalue weighted by Crippen LogP contribution is 2.11. The summed E-state index contributed by atoms with van der Waals surface area (Å²) in [5, 5.41) is 6.85. The quantitative estimate of drug-likeness (QED) is 0.816. The van der Waals surface area contributed by atoms with Gasteiger partial charge in [0.25, 0.3) is 0 Å². The Bertz CT molecular complexity index is 397. The molecule has 0 spiro atoms. The van der Waals surface area contributed by atoms with E-state index >= 15 is 0 Å². The fourth-order valence-corrected chi connectivity index (χ4v) is 2.14. The van der Waals surface area contributed by atoms with Crippen LogP contribution in [-0.2, 0) is 22.4 Å². The van der Waals surface area contributed by atoms with Gasteiger partial charge in [0.2, 0.25) is 5.91 Å². The minimum atomic E-state index is 0.00208. The number of carbonyl (C=O) groups excluding carboxylic acids is 1. The number of ether oxygens (including phenoxy) is 1. The van der Waals surface area contributed by atoms with E-state index in [0.29, 0.717) is 24.6 Å². The minimum absolute atomic E-state index is 0.00208. The zero-order chi connectivity index (χ0) is 13.5. The molecule has 0 aliphatic carbocycles. The van der Waals surface area contributed by atoms with E-state index in [-0.39, 0.29) is 5.91 Å². The van der Waals surface area contributed by atoms with E-state index in [2.05, 4.69) is 17.4 Å². The van der Waals surface area contributed by atoms with Crippen molar-refractivity contribution in [3.8, 4) is 0 Å². The molecule has 1 aromatic rings.